The molecule has 1 aliphatic heterocycles. The van der Waals surface area contributed by atoms with E-state index in [0.717, 1.165) is 54.6 Å². The molecule has 49 heavy (non-hydrogen) atoms. The van der Waals surface area contributed by atoms with Gasteiger partial charge < -0.3 is 31.3 Å². The number of phenols is 2. The summed E-state index contributed by atoms with van der Waals surface area (Å²) in [6.07, 6.45) is 4.76. The van der Waals surface area contributed by atoms with Crippen molar-refractivity contribution in [2.45, 2.75) is 64.2 Å². The number of pyridine rings is 1. The van der Waals surface area contributed by atoms with Crippen molar-refractivity contribution in [3.63, 3.8) is 0 Å². The minimum atomic E-state index is -1.10. The summed E-state index contributed by atoms with van der Waals surface area (Å²) in [5.41, 5.74) is 12.5. The van der Waals surface area contributed by atoms with E-state index in [4.69, 9.17) is 21.1 Å². The molecule has 0 unspecified atom stereocenters. The van der Waals surface area contributed by atoms with Gasteiger partial charge in [-0.1, -0.05) is 71.8 Å². The first-order valence-corrected chi connectivity index (χ1v) is 16.6. The van der Waals surface area contributed by atoms with Gasteiger partial charge in [0.15, 0.2) is 11.5 Å². The molecule has 6 rings (SSSR count). The molecule has 1 aromatic heterocycles. The van der Waals surface area contributed by atoms with Gasteiger partial charge in [-0.2, -0.15) is 0 Å². The zero-order chi connectivity index (χ0) is 34.9. The number of carboxylic acids is 1. The van der Waals surface area contributed by atoms with E-state index in [1.165, 1.54) is 34.7 Å². The Hall–Kier alpha value is -5.25. The lowest BCUT2D eigenvalue weighted by molar-refractivity contribution is -0.138. The number of phenolic OH excluding ortho intramolecular Hbond substituents is 2. The van der Waals surface area contributed by atoms with Gasteiger partial charge in [0.2, 0.25) is 0 Å². The number of nitrogens with one attached hydrogen (secondary N) is 1. The first-order valence-electron chi connectivity index (χ1n) is 16.6. The van der Waals surface area contributed by atoms with E-state index in [1.807, 2.05) is 30.5 Å². The lowest BCUT2D eigenvalue weighted by atomic mass is 9.91. The molecular weight excluding hydrogens is 616 g/mol. The minimum absolute atomic E-state index is 0.114. The fourth-order valence-electron chi connectivity index (χ4n) is 6.45. The van der Waals surface area contributed by atoms with Crippen LogP contribution in [0, 0.1) is 13.8 Å². The number of para-hydroxylation sites is 1. The van der Waals surface area contributed by atoms with Crippen LogP contribution in [0.1, 0.15) is 51.0 Å². The van der Waals surface area contributed by atoms with E-state index in [0.29, 0.717) is 11.6 Å². The molecule has 5 aromatic rings. The topological polar surface area (TPSA) is 149 Å². The SMILES string of the molecule is Cc1cc(C)cc(C(=O)N2CC[C@H](NCc3ccnc4ccccc34)C[C@H]2Cc2ccccc2)c1.N[C@@H](Cc1ccc(O)c(O)c1)C(=O)O. The summed E-state index contributed by atoms with van der Waals surface area (Å²) in [5.74, 6) is -1.47. The van der Waals surface area contributed by atoms with Crippen LogP contribution in [-0.4, -0.2) is 61.8 Å². The molecule has 4 aromatic carbocycles. The fourth-order valence-corrected chi connectivity index (χ4v) is 6.45. The van der Waals surface area contributed by atoms with E-state index in [2.05, 4.69) is 83.6 Å². The number of fused-ring (bicyclic) bond motifs is 1. The number of aliphatic carboxylic acids is 1. The summed E-state index contributed by atoms with van der Waals surface area (Å²) in [6, 6.07) is 30.7. The summed E-state index contributed by atoms with van der Waals surface area (Å²) in [5, 5.41) is 31.6. The number of aryl methyl sites for hydroxylation is 2. The molecule has 2 heterocycles. The number of carbonyl (C=O) groups is 2. The molecule has 9 nitrogen and oxygen atoms in total. The molecule has 9 heteroatoms. The number of hydrogen-bond donors (Lipinski definition) is 5. The van der Waals surface area contributed by atoms with Crippen LogP contribution in [-0.2, 0) is 24.2 Å². The maximum absolute atomic E-state index is 13.6. The average molecular weight is 661 g/mol. The van der Waals surface area contributed by atoms with Crippen LogP contribution in [0.3, 0.4) is 0 Å². The van der Waals surface area contributed by atoms with Crippen LogP contribution in [0.2, 0.25) is 0 Å². The molecule has 0 saturated carbocycles. The molecule has 1 amide bonds. The van der Waals surface area contributed by atoms with Crippen LogP contribution in [0.15, 0.2) is 103 Å². The van der Waals surface area contributed by atoms with Crippen LogP contribution in [0.25, 0.3) is 10.9 Å². The minimum Gasteiger partial charge on any atom is -0.504 e. The van der Waals surface area contributed by atoms with Gasteiger partial charge in [-0.15, -0.1) is 0 Å². The Morgan fingerprint density at radius 2 is 1.61 bits per heavy atom. The highest BCUT2D eigenvalue weighted by Crippen LogP contribution is 2.26. The molecule has 0 aliphatic carbocycles. The number of aromatic nitrogens is 1. The summed E-state index contributed by atoms with van der Waals surface area (Å²) >= 11 is 0. The number of likely N-dealkylation sites (tertiary alicyclic amines) is 1. The smallest absolute Gasteiger partial charge is 0.320 e. The number of hydrogen-bond acceptors (Lipinski definition) is 7. The van der Waals surface area contributed by atoms with Gasteiger partial charge >= 0.3 is 5.97 Å². The molecule has 0 spiro atoms. The maximum Gasteiger partial charge on any atom is 0.320 e. The third-order valence-electron chi connectivity index (χ3n) is 8.89. The highest BCUT2D eigenvalue weighted by molar-refractivity contribution is 5.95. The number of piperidine rings is 1. The molecule has 1 fully saturated rings. The third-order valence-corrected chi connectivity index (χ3v) is 8.89. The molecule has 3 atom stereocenters. The van der Waals surface area contributed by atoms with Gasteiger partial charge in [0.05, 0.1) is 5.52 Å². The van der Waals surface area contributed by atoms with Crippen molar-refractivity contribution in [3.05, 3.63) is 137 Å². The molecular formula is C40H44N4O5. The summed E-state index contributed by atoms with van der Waals surface area (Å²) < 4.78 is 0. The van der Waals surface area contributed by atoms with Gasteiger partial charge in [0.25, 0.3) is 5.91 Å². The van der Waals surface area contributed by atoms with Gasteiger partial charge in [-0.25, -0.2) is 0 Å². The van der Waals surface area contributed by atoms with Crippen LogP contribution in [0.4, 0.5) is 0 Å². The number of rotatable bonds is 9. The van der Waals surface area contributed by atoms with Gasteiger partial charge in [-0.3, -0.25) is 14.6 Å². The average Bonchev–Trinajstić information content (AvgIpc) is 3.09. The third kappa shape index (κ3) is 9.43. The summed E-state index contributed by atoms with van der Waals surface area (Å²) in [7, 11) is 0. The second-order valence-electron chi connectivity index (χ2n) is 12.8. The van der Waals surface area contributed by atoms with Crippen LogP contribution >= 0.6 is 0 Å². The van der Waals surface area contributed by atoms with E-state index < -0.39 is 12.0 Å². The Labute approximate surface area is 287 Å². The standard InChI is InChI=1S/C31H33N3O.C9H11NO4/c1-22-16-23(2)18-26(17-22)31(35)34-15-13-27(20-28(34)19-24-8-4-3-5-9-24)33-21-25-12-14-32-30-11-7-6-10-29(25)30;10-6(9(13)14)3-5-1-2-7(11)8(12)4-5/h3-12,14,16-18,27-28,33H,13,15,19-21H2,1-2H3;1-2,4,6,11-12H,3,10H2,(H,13,14)/t27-,28+;6-/m00/s1. The van der Waals surface area contributed by atoms with Crippen molar-refractivity contribution in [3.8, 4) is 11.5 Å². The van der Waals surface area contributed by atoms with E-state index in [9.17, 15) is 9.59 Å². The normalized spacial score (nSPS) is 16.4. The summed E-state index contributed by atoms with van der Waals surface area (Å²) in [6.45, 7) is 5.68. The van der Waals surface area contributed by atoms with Gasteiger partial charge in [-0.05, 0) is 92.6 Å². The zero-order valence-electron chi connectivity index (χ0n) is 27.9. The molecule has 1 aliphatic rings. The highest BCUT2D eigenvalue weighted by atomic mass is 16.4. The first kappa shape index (κ1) is 35.1. The number of carboxylic acid groups (broad SMARTS) is 1. The zero-order valence-corrected chi connectivity index (χ0v) is 27.9. The van der Waals surface area contributed by atoms with Crippen molar-refractivity contribution in [2.75, 3.05) is 6.54 Å². The number of nitrogens with zero attached hydrogens (tertiary/aromatic N) is 2. The van der Waals surface area contributed by atoms with Crippen molar-refractivity contribution >= 4 is 22.8 Å². The van der Waals surface area contributed by atoms with Crippen molar-refractivity contribution in [1.29, 1.82) is 0 Å². The van der Waals surface area contributed by atoms with Gasteiger partial charge in [0, 0.05) is 42.3 Å². The Morgan fingerprint density at radius 1 is 0.898 bits per heavy atom. The highest BCUT2D eigenvalue weighted by Gasteiger charge is 2.32. The van der Waals surface area contributed by atoms with Crippen LogP contribution < -0.4 is 11.1 Å². The number of nitrogens with two attached hydrogens (primary N) is 1. The number of carbonyl (C=O) groups excluding carboxylic acids is 1. The monoisotopic (exact) mass is 660 g/mol. The lowest BCUT2D eigenvalue weighted by Gasteiger charge is -2.40. The molecule has 6 N–H and O–H groups in total. The first-order chi connectivity index (χ1) is 23.6. The summed E-state index contributed by atoms with van der Waals surface area (Å²) in [4.78, 5) is 30.7. The quantitative estimate of drug-likeness (QED) is 0.123. The molecule has 1 saturated heterocycles. The second kappa shape index (κ2) is 16.2. The largest absolute Gasteiger partial charge is 0.504 e. The van der Waals surface area contributed by atoms with Crippen LogP contribution in [0.5, 0.6) is 11.5 Å². The predicted octanol–water partition coefficient (Wildman–Crippen LogP) is 5.91. The Morgan fingerprint density at radius 3 is 2.33 bits per heavy atom. The van der Waals surface area contributed by atoms with E-state index >= 15 is 0 Å². The molecule has 0 radical (unpaired) electrons. The van der Waals surface area contributed by atoms with Crippen molar-refractivity contribution < 1.29 is 24.9 Å². The lowest BCUT2D eigenvalue weighted by Crippen LogP contribution is -2.51. The number of amides is 1. The number of benzene rings is 4. The predicted molar refractivity (Wildman–Crippen MR) is 192 cm³/mol. The second-order valence-corrected chi connectivity index (χ2v) is 12.8. The van der Waals surface area contributed by atoms with E-state index in [-0.39, 0.29) is 29.9 Å². The Bertz CT molecular complexity index is 1870. The fraction of sp³-hybridized carbons (Fsp3) is 0.275. The Balaban J connectivity index is 0.000000281. The Kier molecular flexibility index (Phi) is 11.6. The molecule has 254 valence electrons. The maximum atomic E-state index is 13.6. The van der Waals surface area contributed by atoms with Crippen molar-refractivity contribution in [1.82, 2.24) is 15.2 Å². The number of aromatic hydroxyl groups is 2. The van der Waals surface area contributed by atoms with Crippen molar-refractivity contribution in [2.24, 2.45) is 5.73 Å². The van der Waals surface area contributed by atoms with E-state index in [1.54, 1.807) is 0 Å². The van der Waals surface area contributed by atoms with Gasteiger partial charge in [0.1, 0.15) is 6.04 Å². The molecule has 0 bridgehead atoms.